The molecule has 2 fully saturated rings. The third-order valence-electron chi connectivity index (χ3n) is 4.86. The first-order valence-electron chi connectivity index (χ1n) is 7.77. The molecule has 0 aromatic rings. The SMILES string of the molecule is CCN(C(=O)CNCC1(N(C)C)CCCC1)C1CC1. The van der Waals surface area contributed by atoms with Crippen molar-refractivity contribution in [2.45, 2.75) is 57.0 Å². The minimum Gasteiger partial charge on any atom is -0.339 e. The smallest absolute Gasteiger partial charge is 0.236 e. The van der Waals surface area contributed by atoms with E-state index in [0.717, 1.165) is 13.1 Å². The molecule has 0 bridgehead atoms. The lowest BCUT2D eigenvalue weighted by atomic mass is 9.96. The van der Waals surface area contributed by atoms with Gasteiger partial charge in [0.2, 0.25) is 5.91 Å². The molecule has 2 aliphatic rings. The number of hydrogen-bond acceptors (Lipinski definition) is 3. The van der Waals surface area contributed by atoms with Crippen LogP contribution in [0.2, 0.25) is 0 Å². The summed E-state index contributed by atoms with van der Waals surface area (Å²) < 4.78 is 0. The Morgan fingerprint density at radius 3 is 2.37 bits per heavy atom. The minimum absolute atomic E-state index is 0.275. The summed E-state index contributed by atoms with van der Waals surface area (Å²) in [7, 11) is 4.33. The largest absolute Gasteiger partial charge is 0.339 e. The van der Waals surface area contributed by atoms with Crippen LogP contribution in [-0.4, -0.2) is 61.0 Å². The van der Waals surface area contributed by atoms with Crippen molar-refractivity contribution >= 4 is 5.91 Å². The molecule has 0 radical (unpaired) electrons. The van der Waals surface area contributed by atoms with E-state index >= 15 is 0 Å². The monoisotopic (exact) mass is 267 g/mol. The van der Waals surface area contributed by atoms with Gasteiger partial charge in [-0.25, -0.2) is 0 Å². The highest BCUT2D eigenvalue weighted by atomic mass is 16.2. The zero-order valence-electron chi connectivity index (χ0n) is 12.7. The van der Waals surface area contributed by atoms with Gasteiger partial charge in [-0.1, -0.05) is 12.8 Å². The standard InChI is InChI=1S/C15H29N3O/c1-4-18(13-7-8-13)14(19)11-16-12-15(17(2)3)9-5-6-10-15/h13,16H,4-12H2,1-3H3. The Morgan fingerprint density at radius 1 is 1.26 bits per heavy atom. The molecule has 0 unspecified atom stereocenters. The van der Waals surface area contributed by atoms with Crippen molar-refractivity contribution < 1.29 is 4.79 Å². The summed E-state index contributed by atoms with van der Waals surface area (Å²) in [6.07, 6.45) is 7.53. The summed E-state index contributed by atoms with van der Waals surface area (Å²) >= 11 is 0. The van der Waals surface area contributed by atoms with Gasteiger partial charge < -0.3 is 15.1 Å². The van der Waals surface area contributed by atoms with E-state index in [4.69, 9.17) is 0 Å². The average molecular weight is 267 g/mol. The normalized spacial score (nSPS) is 21.9. The van der Waals surface area contributed by atoms with Crippen molar-refractivity contribution in [2.75, 3.05) is 33.7 Å². The first-order chi connectivity index (χ1) is 9.09. The summed E-state index contributed by atoms with van der Waals surface area (Å²) in [6.45, 7) is 4.37. The molecule has 0 saturated heterocycles. The first-order valence-corrected chi connectivity index (χ1v) is 7.77. The highest BCUT2D eigenvalue weighted by Crippen LogP contribution is 2.33. The molecule has 1 N–H and O–H groups in total. The fourth-order valence-electron chi connectivity index (χ4n) is 3.34. The molecule has 19 heavy (non-hydrogen) atoms. The van der Waals surface area contributed by atoms with E-state index in [-0.39, 0.29) is 11.4 Å². The van der Waals surface area contributed by atoms with Gasteiger partial charge in [0, 0.05) is 24.7 Å². The molecule has 0 heterocycles. The van der Waals surface area contributed by atoms with E-state index < -0.39 is 0 Å². The van der Waals surface area contributed by atoms with Crippen molar-refractivity contribution in [3.63, 3.8) is 0 Å². The van der Waals surface area contributed by atoms with E-state index in [0.29, 0.717) is 12.6 Å². The molecule has 1 amide bonds. The molecule has 4 nitrogen and oxygen atoms in total. The quantitative estimate of drug-likeness (QED) is 0.758. The van der Waals surface area contributed by atoms with Crippen molar-refractivity contribution in [2.24, 2.45) is 0 Å². The van der Waals surface area contributed by atoms with Gasteiger partial charge in [-0.05, 0) is 46.7 Å². The highest BCUT2D eigenvalue weighted by molar-refractivity contribution is 5.78. The van der Waals surface area contributed by atoms with Crippen molar-refractivity contribution in [1.82, 2.24) is 15.1 Å². The number of nitrogens with one attached hydrogen (secondary N) is 1. The Kier molecular flexibility index (Phi) is 4.85. The van der Waals surface area contributed by atoms with Crippen LogP contribution in [0.4, 0.5) is 0 Å². The van der Waals surface area contributed by atoms with E-state index in [1.807, 2.05) is 4.90 Å². The Morgan fingerprint density at radius 2 is 1.89 bits per heavy atom. The second-order valence-electron chi connectivity index (χ2n) is 6.34. The highest BCUT2D eigenvalue weighted by Gasteiger charge is 2.36. The number of rotatable bonds is 7. The fraction of sp³-hybridized carbons (Fsp3) is 0.933. The van der Waals surface area contributed by atoms with Crippen molar-refractivity contribution in [3.8, 4) is 0 Å². The number of hydrogen-bond donors (Lipinski definition) is 1. The molecule has 0 aliphatic heterocycles. The van der Waals surface area contributed by atoms with Crippen LogP contribution < -0.4 is 5.32 Å². The molecule has 0 atom stereocenters. The third-order valence-corrected chi connectivity index (χ3v) is 4.86. The van der Waals surface area contributed by atoms with Crippen molar-refractivity contribution in [1.29, 1.82) is 0 Å². The van der Waals surface area contributed by atoms with Crippen LogP contribution in [0.15, 0.2) is 0 Å². The van der Waals surface area contributed by atoms with Crippen LogP contribution in [0.1, 0.15) is 45.4 Å². The Bertz CT molecular complexity index is 307. The number of carbonyl (C=O) groups excluding carboxylic acids is 1. The minimum atomic E-state index is 0.275. The summed E-state index contributed by atoms with van der Waals surface area (Å²) in [5.74, 6) is 0.275. The maximum Gasteiger partial charge on any atom is 0.236 e. The van der Waals surface area contributed by atoms with Crippen LogP contribution in [-0.2, 0) is 4.79 Å². The molecule has 4 heteroatoms. The second-order valence-corrected chi connectivity index (χ2v) is 6.34. The van der Waals surface area contributed by atoms with Crippen LogP contribution in [0.3, 0.4) is 0 Å². The Balaban J connectivity index is 1.77. The van der Waals surface area contributed by atoms with E-state index in [2.05, 4.69) is 31.2 Å². The molecular weight excluding hydrogens is 238 g/mol. The third kappa shape index (κ3) is 3.48. The first kappa shape index (κ1) is 14.8. The summed E-state index contributed by atoms with van der Waals surface area (Å²) in [6, 6.07) is 0.536. The van der Waals surface area contributed by atoms with Crippen LogP contribution in [0.5, 0.6) is 0 Å². The molecule has 2 saturated carbocycles. The van der Waals surface area contributed by atoms with Gasteiger partial charge in [0.05, 0.1) is 6.54 Å². The maximum atomic E-state index is 12.2. The van der Waals surface area contributed by atoms with Gasteiger partial charge in [0.25, 0.3) is 0 Å². The lowest BCUT2D eigenvalue weighted by Gasteiger charge is -2.36. The topological polar surface area (TPSA) is 35.6 Å². The Labute approximate surface area is 117 Å². The average Bonchev–Trinajstić information content (AvgIpc) is 3.08. The molecule has 2 rings (SSSR count). The molecule has 0 spiro atoms. The zero-order valence-corrected chi connectivity index (χ0v) is 12.7. The predicted molar refractivity (Wildman–Crippen MR) is 78.2 cm³/mol. The molecule has 110 valence electrons. The van der Waals surface area contributed by atoms with E-state index in [1.54, 1.807) is 0 Å². The zero-order chi connectivity index (χ0) is 13.9. The maximum absolute atomic E-state index is 12.2. The van der Waals surface area contributed by atoms with Gasteiger partial charge in [-0.2, -0.15) is 0 Å². The van der Waals surface area contributed by atoms with Crippen LogP contribution >= 0.6 is 0 Å². The van der Waals surface area contributed by atoms with E-state index in [1.165, 1.54) is 38.5 Å². The summed E-state index contributed by atoms with van der Waals surface area (Å²) in [5.41, 5.74) is 0.275. The van der Waals surface area contributed by atoms with Gasteiger partial charge >= 0.3 is 0 Å². The Hall–Kier alpha value is -0.610. The lowest BCUT2D eigenvalue weighted by Crippen LogP contribution is -2.51. The number of likely N-dealkylation sites (N-methyl/N-ethyl adjacent to an activating group) is 2. The number of carbonyl (C=O) groups is 1. The van der Waals surface area contributed by atoms with Gasteiger partial charge in [0.1, 0.15) is 0 Å². The van der Waals surface area contributed by atoms with Gasteiger partial charge in [-0.3, -0.25) is 4.79 Å². The van der Waals surface area contributed by atoms with Crippen LogP contribution in [0.25, 0.3) is 0 Å². The van der Waals surface area contributed by atoms with Gasteiger partial charge in [0.15, 0.2) is 0 Å². The molecule has 0 aromatic heterocycles. The van der Waals surface area contributed by atoms with E-state index in [9.17, 15) is 4.79 Å². The van der Waals surface area contributed by atoms with Crippen molar-refractivity contribution in [3.05, 3.63) is 0 Å². The molecule has 2 aliphatic carbocycles. The molecular formula is C15H29N3O. The van der Waals surface area contributed by atoms with Gasteiger partial charge in [-0.15, -0.1) is 0 Å². The lowest BCUT2D eigenvalue weighted by molar-refractivity contribution is -0.130. The number of nitrogens with zero attached hydrogens (tertiary/aromatic N) is 2. The summed E-state index contributed by atoms with van der Waals surface area (Å²) in [5, 5.41) is 3.41. The predicted octanol–water partition coefficient (Wildman–Crippen LogP) is 1.46. The summed E-state index contributed by atoms with van der Waals surface area (Å²) in [4.78, 5) is 16.5. The fourth-order valence-corrected chi connectivity index (χ4v) is 3.34. The second kappa shape index (κ2) is 6.23. The number of amides is 1. The molecule has 0 aromatic carbocycles. The van der Waals surface area contributed by atoms with Crippen LogP contribution in [0, 0.1) is 0 Å².